The van der Waals surface area contributed by atoms with Crippen LogP contribution in [0.2, 0.25) is 0 Å². The van der Waals surface area contributed by atoms with Crippen LogP contribution in [0.5, 0.6) is 11.6 Å². The lowest BCUT2D eigenvalue weighted by molar-refractivity contribution is 0.0939. The normalized spacial score (nSPS) is 12.9. The fraction of sp³-hybridized carbons (Fsp3) is 0.296. The van der Waals surface area contributed by atoms with Crippen LogP contribution >= 0.6 is 0 Å². The molecule has 1 amide bonds. The topological polar surface area (TPSA) is 98.2 Å². The lowest BCUT2D eigenvalue weighted by atomic mass is 9.95. The molecular formula is C27H31N3O4S. The molecule has 1 aromatic heterocycles. The first kappa shape index (κ1) is 26.1. The van der Waals surface area contributed by atoms with Crippen molar-refractivity contribution in [2.45, 2.75) is 45.1 Å². The molecule has 35 heavy (non-hydrogen) atoms. The van der Waals surface area contributed by atoms with Gasteiger partial charge in [-0.3, -0.25) is 4.79 Å². The Labute approximate surface area is 207 Å². The maximum Gasteiger partial charge on any atom is 0.258 e. The van der Waals surface area contributed by atoms with Crippen LogP contribution in [0.25, 0.3) is 0 Å². The number of benzene rings is 2. The van der Waals surface area contributed by atoms with Crippen molar-refractivity contribution < 1.29 is 17.9 Å². The molecule has 1 atom stereocenters. The highest BCUT2D eigenvalue weighted by Crippen LogP contribution is 2.27. The van der Waals surface area contributed by atoms with Gasteiger partial charge < -0.3 is 10.1 Å². The third-order valence-electron chi connectivity index (χ3n) is 5.09. The molecule has 0 fully saturated rings. The summed E-state index contributed by atoms with van der Waals surface area (Å²) in [6.45, 7) is 5.93. The Balaban J connectivity index is 1.88. The van der Waals surface area contributed by atoms with Crippen LogP contribution in [-0.2, 0) is 21.7 Å². The molecule has 0 saturated heterocycles. The molecule has 0 aliphatic heterocycles. The van der Waals surface area contributed by atoms with Gasteiger partial charge in [0.25, 0.3) is 5.91 Å². The van der Waals surface area contributed by atoms with E-state index in [1.165, 1.54) is 12.3 Å². The highest BCUT2D eigenvalue weighted by molar-refractivity contribution is 7.93. The van der Waals surface area contributed by atoms with Crippen molar-refractivity contribution in [1.29, 1.82) is 0 Å². The van der Waals surface area contributed by atoms with Crippen LogP contribution in [0.3, 0.4) is 0 Å². The number of hydrogen-bond acceptors (Lipinski definition) is 6. The van der Waals surface area contributed by atoms with Gasteiger partial charge in [0.2, 0.25) is 5.88 Å². The summed E-state index contributed by atoms with van der Waals surface area (Å²) in [7, 11) is -3.35. The standard InChI is InChI=1S/C27H31N3O4S/c1-27(2,3)26-28-19-23(25(30-26)34-22-13-9-6-10-14-22)24(31)29-21(17-18-35(4,32)33)16-15-20-11-7-5-8-12-20/h5-14,17-19,21H,15-16H2,1-4H3,(H,29,31)/b18-17-/t21-/m0/s1. The lowest BCUT2D eigenvalue weighted by Gasteiger charge is -2.20. The van der Waals surface area contributed by atoms with Crippen molar-refractivity contribution in [2.24, 2.45) is 0 Å². The van der Waals surface area contributed by atoms with Gasteiger partial charge in [-0.05, 0) is 30.5 Å². The van der Waals surface area contributed by atoms with Gasteiger partial charge in [-0.25, -0.2) is 13.4 Å². The summed E-state index contributed by atoms with van der Waals surface area (Å²) < 4.78 is 29.4. The van der Waals surface area contributed by atoms with E-state index in [9.17, 15) is 13.2 Å². The number of nitrogens with one attached hydrogen (secondary N) is 1. The minimum absolute atomic E-state index is 0.141. The Bertz CT molecular complexity index is 1270. The number of sulfone groups is 1. The number of nitrogens with zero attached hydrogens (tertiary/aromatic N) is 2. The molecule has 3 aromatic rings. The number of carbonyl (C=O) groups excluding carboxylic acids is 1. The minimum atomic E-state index is -3.35. The largest absolute Gasteiger partial charge is 0.438 e. The molecule has 3 rings (SSSR count). The molecule has 0 aliphatic rings. The maximum absolute atomic E-state index is 13.3. The van der Waals surface area contributed by atoms with Gasteiger partial charge in [0, 0.05) is 29.3 Å². The molecule has 0 aliphatic carbocycles. The van der Waals surface area contributed by atoms with Crippen LogP contribution in [-0.4, -0.2) is 36.6 Å². The third kappa shape index (κ3) is 8.33. The molecule has 2 aromatic carbocycles. The average Bonchev–Trinajstić information content (AvgIpc) is 2.81. The Morgan fingerprint density at radius 2 is 1.69 bits per heavy atom. The van der Waals surface area contributed by atoms with E-state index in [0.717, 1.165) is 17.2 Å². The van der Waals surface area contributed by atoms with Crippen molar-refractivity contribution in [2.75, 3.05) is 6.26 Å². The van der Waals surface area contributed by atoms with Crippen LogP contribution in [0.1, 0.15) is 48.9 Å². The van der Waals surface area contributed by atoms with Gasteiger partial charge in [-0.2, -0.15) is 4.98 Å². The first-order valence-electron chi connectivity index (χ1n) is 11.3. The smallest absolute Gasteiger partial charge is 0.258 e. The number of amides is 1. The zero-order valence-electron chi connectivity index (χ0n) is 20.4. The van der Waals surface area contributed by atoms with Crippen LogP contribution in [0.15, 0.2) is 78.3 Å². The van der Waals surface area contributed by atoms with Gasteiger partial charge in [-0.15, -0.1) is 0 Å². The van der Waals surface area contributed by atoms with Gasteiger partial charge in [0.1, 0.15) is 17.1 Å². The summed E-state index contributed by atoms with van der Waals surface area (Å²) in [6.07, 6.45) is 5.24. The molecule has 184 valence electrons. The van der Waals surface area contributed by atoms with Gasteiger partial charge in [-0.1, -0.05) is 75.4 Å². The summed E-state index contributed by atoms with van der Waals surface area (Å²) in [5.41, 5.74) is 0.907. The molecule has 1 heterocycles. The molecular weight excluding hydrogens is 462 g/mol. The lowest BCUT2D eigenvalue weighted by Crippen LogP contribution is -2.34. The summed E-state index contributed by atoms with van der Waals surface area (Å²) in [5.74, 6) is 0.769. The summed E-state index contributed by atoms with van der Waals surface area (Å²) in [4.78, 5) is 22.2. The monoisotopic (exact) mass is 493 g/mol. The summed E-state index contributed by atoms with van der Waals surface area (Å²) >= 11 is 0. The van der Waals surface area contributed by atoms with Gasteiger partial charge >= 0.3 is 0 Å². The molecule has 8 heteroatoms. The Morgan fingerprint density at radius 3 is 2.29 bits per heavy atom. The maximum atomic E-state index is 13.3. The molecule has 1 N–H and O–H groups in total. The third-order valence-corrected chi connectivity index (χ3v) is 5.74. The van der Waals surface area contributed by atoms with E-state index < -0.39 is 21.8 Å². The fourth-order valence-electron chi connectivity index (χ4n) is 3.23. The van der Waals surface area contributed by atoms with E-state index in [2.05, 4.69) is 15.3 Å². The first-order chi connectivity index (χ1) is 16.5. The number of aromatic nitrogens is 2. The zero-order valence-corrected chi connectivity index (χ0v) is 21.2. The first-order valence-corrected chi connectivity index (χ1v) is 13.3. The van der Waals surface area contributed by atoms with Crippen LogP contribution in [0.4, 0.5) is 0 Å². The Morgan fingerprint density at radius 1 is 1.06 bits per heavy atom. The molecule has 0 unspecified atom stereocenters. The van der Waals surface area contributed by atoms with Crippen LogP contribution in [0, 0.1) is 0 Å². The Hall–Kier alpha value is -3.52. The predicted octanol–water partition coefficient (Wildman–Crippen LogP) is 4.86. The van der Waals surface area contributed by atoms with Crippen molar-refractivity contribution >= 4 is 15.7 Å². The SMILES string of the molecule is CC(C)(C)c1ncc(C(=O)N[C@H](/C=C\S(C)(=O)=O)CCc2ccccc2)c(Oc2ccccc2)n1. The number of carbonyl (C=O) groups is 1. The van der Waals surface area contributed by atoms with E-state index >= 15 is 0 Å². The van der Waals surface area contributed by atoms with E-state index in [0.29, 0.717) is 24.4 Å². The molecule has 0 bridgehead atoms. The summed E-state index contributed by atoms with van der Waals surface area (Å²) in [6, 6.07) is 18.3. The second-order valence-corrected chi connectivity index (χ2v) is 11.3. The minimum Gasteiger partial charge on any atom is -0.438 e. The van der Waals surface area contributed by atoms with E-state index in [-0.39, 0.29) is 16.9 Å². The van der Waals surface area contributed by atoms with E-state index in [1.54, 1.807) is 12.1 Å². The second-order valence-electron chi connectivity index (χ2n) is 9.34. The average molecular weight is 494 g/mol. The fourth-order valence-corrected chi connectivity index (χ4v) is 3.70. The van der Waals surface area contributed by atoms with E-state index in [1.807, 2.05) is 69.3 Å². The number of hydrogen-bond donors (Lipinski definition) is 1. The van der Waals surface area contributed by atoms with E-state index in [4.69, 9.17) is 4.74 Å². The van der Waals surface area contributed by atoms with Gasteiger partial charge in [0.15, 0.2) is 9.84 Å². The highest BCUT2D eigenvalue weighted by atomic mass is 32.2. The quantitative estimate of drug-likeness (QED) is 0.457. The number of rotatable bonds is 9. The molecule has 7 nitrogen and oxygen atoms in total. The van der Waals surface area contributed by atoms with Crippen molar-refractivity contribution in [3.63, 3.8) is 0 Å². The molecule has 0 spiro atoms. The van der Waals surface area contributed by atoms with Crippen molar-refractivity contribution in [3.8, 4) is 11.6 Å². The second kappa shape index (κ2) is 11.3. The summed E-state index contributed by atoms with van der Waals surface area (Å²) in [5, 5.41) is 4.02. The Kier molecular flexibility index (Phi) is 8.40. The van der Waals surface area contributed by atoms with Gasteiger partial charge in [0.05, 0.1) is 0 Å². The highest BCUT2D eigenvalue weighted by Gasteiger charge is 2.24. The predicted molar refractivity (Wildman–Crippen MR) is 137 cm³/mol. The zero-order chi connectivity index (χ0) is 25.5. The number of ether oxygens (including phenoxy) is 1. The van der Waals surface area contributed by atoms with Crippen molar-refractivity contribution in [1.82, 2.24) is 15.3 Å². The molecule has 0 saturated carbocycles. The molecule has 0 radical (unpaired) electrons. The van der Waals surface area contributed by atoms with Crippen LogP contribution < -0.4 is 10.1 Å². The number of aryl methyl sites for hydroxylation is 1. The van der Waals surface area contributed by atoms with Crippen molar-refractivity contribution in [3.05, 3.63) is 95.3 Å². The number of para-hydroxylation sites is 1.